The molecule has 0 bridgehead atoms. The predicted molar refractivity (Wildman–Crippen MR) is 110 cm³/mol. The largest absolute Gasteiger partial charge is 0.508 e. The van der Waals surface area contributed by atoms with E-state index in [1.54, 1.807) is 31.2 Å². The van der Waals surface area contributed by atoms with Crippen LogP contribution in [0.5, 0.6) is 11.5 Å². The van der Waals surface area contributed by atoms with Crippen LogP contribution >= 0.6 is 0 Å². The summed E-state index contributed by atoms with van der Waals surface area (Å²) in [4.78, 5) is 26.2. The van der Waals surface area contributed by atoms with Gasteiger partial charge >= 0.3 is 5.97 Å². The van der Waals surface area contributed by atoms with Crippen LogP contribution in [0.2, 0.25) is 0 Å². The first-order valence-electron chi connectivity index (χ1n) is 10.1. The van der Waals surface area contributed by atoms with Crippen LogP contribution in [0.4, 0.5) is 5.69 Å². The molecule has 1 aliphatic heterocycles. The van der Waals surface area contributed by atoms with Crippen LogP contribution in [-0.2, 0) is 20.7 Å². The lowest BCUT2D eigenvalue weighted by Gasteiger charge is -2.45. The molecule has 0 radical (unpaired) electrons. The number of esters is 1. The zero-order chi connectivity index (χ0) is 20.8. The van der Waals surface area contributed by atoms with Crippen molar-refractivity contribution in [1.29, 1.82) is 0 Å². The lowest BCUT2D eigenvalue weighted by Crippen LogP contribution is -2.65. The van der Waals surface area contributed by atoms with Crippen LogP contribution in [0.25, 0.3) is 0 Å². The molecule has 1 amide bonds. The Morgan fingerprint density at radius 1 is 1.07 bits per heavy atom. The van der Waals surface area contributed by atoms with Crippen molar-refractivity contribution < 1.29 is 24.2 Å². The first-order chi connectivity index (χ1) is 14.0. The number of aromatic hydroxyl groups is 1. The highest BCUT2D eigenvalue weighted by Crippen LogP contribution is 2.36. The van der Waals surface area contributed by atoms with Gasteiger partial charge < -0.3 is 14.6 Å². The lowest BCUT2D eigenvalue weighted by atomic mass is 9.84. The van der Waals surface area contributed by atoms with E-state index in [9.17, 15) is 14.7 Å². The molecular formula is C23H27NO5. The molecule has 1 aliphatic rings. The maximum Gasteiger partial charge on any atom is 0.330 e. The first-order valence-corrected chi connectivity index (χ1v) is 10.1. The van der Waals surface area contributed by atoms with Crippen molar-refractivity contribution in [2.75, 3.05) is 18.1 Å². The number of hydrogen-bond donors (Lipinski definition) is 1. The number of benzene rings is 2. The highest BCUT2D eigenvalue weighted by Gasteiger charge is 2.51. The number of phenolic OH excluding ortho intramolecular Hbond substituents is 1. The number of anilines is 1. The number of β-lactam (4-membered cyclic amide) rings is 1. The SMILES string of the molecule is CCOC(=O)[C@@H]1[C@H](CC)C(=O)N1c1ccc(OCCCc2ccc(O)cc2)cc1. The molecule has 2 aromatic rings. The van der Waals surface area contributed by atoms with Crippen LogP contribution < -0.4 is 9.64 Å². The number of rotatable bonds is 9. The molecule has 2 atom stereocenters. The van der Waals surface area contributed by atoms with Gasteiger partial charge in [-0.25, -0.2) is 4.79 Å². The summed E-state index contributed by atoms with van der Waals surface area (Å²) in [5, 5.41) is 9.30. The third kappa shape index (κ3) is 4.70. The van der Waals surface area contributed by atoms with Crippen LogP contribution in [0.1, 0.15) is 32.3 Å². The Morgan fingerprint density at radius 3 is 2.38 bits per heavy atom. The average Bonchev–Trinajstić information content (AvgIpc) is 2.72. The van der Waals surface area contributed by atoms with E-state index in [1.165, 1.54) is 4.90 Å². The number of carbonyl (C=O) groups is 2. The number of ether oxygens (including phenoxy) is 2. The lowest BCUT2D eigenvalue weighted by molar-refractivity contribution is -0.154. The molecule has 0 aromatic heterocycles. The second-order valence-electron chi connectivity index (χ2n) is 7.03. The van der Waals surface area contributed by atoms with Crippen LogP contribution in [0, 0.1) is 5.92 Å². The number of phenols is 1. The van der Waals surface area contributed by atoms with Gasteiger partial charge in [0.25, 0.3) is 0 Å². The zero-order valence-electron chi connectivity index (χ0n) is 16.8. The summed E-state index contributed by atoms with van der Waals surface area (Å²) in [6.07, 6.45) is 2.32. The van der Waals surface area contributed by atoms with E-state index in [2.05, 4.69) is 0 Å². The minimum Gasteiger partial charge on any atom is -0.508 e. The van der Waals surface area contributed by atoms with Crippen LogP contribution in [0.3, 0.4) is 0 Å². The molecule has 6 nitrogen and oxygen atoms in total. The van der Waals surface area contributed by atoms with E-state index in [-0.39, 0.29) is 23.5 Å². The number of aryl methyl sites for hydroxylation is 1. The normalized spacial score (nSPS) is 18.3. The summed E-state index contributed by atoms with van der Waals surface area (Å²) in [6.45, 7) is 4.52. The summed E-state index contributed by atoms with van der Waals surface area (Å²) in [7, 11) is 0. The fourth-order valence-electron chi connectivity index (χ4n) is 3.56. The summed E-state index contributed by atoms with van der Waals surface area (Å²) in [5.41, 5.74) is 1.82. The average molecular weight is 397 g/mol. The van der Waals surface area contributed by atoms with Crippen LogP contribution in [0.15, 0.2) is 48.5 Å². The highest BCUT2D eigenvalue weighted by atomic mass is 16.5. The van der Waals surface area contributed by atoms with Gasteiger partial charge in [-0.3, -0.25) is 9.69 Å². The fourth-order valence-corrected chi connectivity index (χ4v) is 3.56. The molecule has 1 heterocycles. The molecule has 154 valence electrons. The second kappa shape index (κ2) is 9.45. The fraction of sp³-hybridized carbons (Fsp3) is 0.391. The molecule has 1 saturated heterocycles. The van der Waals surface area contributed by atoms with E-state index >= 15 is 0 Å². The van der Waals surface area contributed by atoms with Gasteiger partial charge in [0.2, 0.25) is 5.91 Å². The minimum absolute atomic E-state index is 0.0480. The van der Waals surface area contributed by atoms with Gasteiger partial charge in [-0.2, -0.15) is 0 Å². The van der Waals surface area contributed by atoms with E-state index in [0.717, 1.165) is 18.4 Å². The Labute approximate surface area is 171 Å². The minimum atomic E-state index is -0.551. The molecule has 29 heavy (non-hydrogen) atoms. The maximum atomic E-state index is 12.4. The maximum absolute atomic E-state index is 12.4. The molecule has 1 N–H and O–H groups in total. The van der Waals surface area contributed by atoms with Crippen molar-refractivity contribution >= 4 is 17.6 Å². The van der Waals surface area contributed by atoms with Gasteiger partial charge in [-0.1, -0.05) is 19.1 Å². The van der Waals surface area contributed by atoms with Gasteiger partial charge in [0, 0.05) is 5.69 Å². The molecule has 0 aliphatic carbocycles. The number of carbonyl (C=O) groups excluding carboxylic acids is 2. The Hall–Kier alpha value is -3.02. The highest BCUT2D eigenvalue weighted by molar-refractivity contribution is 6.10. The Morgan fingerprint density at radius 2 is 1.76 bits per heavy atom. The zero-order valence-corrected chi connectivity index (χ0v) is 16.8. The summed E-state index contributed by atoms with van der Waals surface area (Å²) >= 11 is 0. The molecule has 0 unspecified atom stereocenters. The van der Waals surface area contributed by atoms with Gasteiger partial charge in [-0.15, -0.1) is 0 Å². The predicted octanol–water partition coefficient (Wildman–Crippen LogP) is 3.71. The van der Waals surface area contributed by atoms with Gasteiger partial charge in [-0.05, 0) is 68.1 Å². The quantitative estimate of drug-likeness (QED) is 0.397. The standard InChI is InChI=1S/C23H27NO5/c1-3-20-21(23(27)28-4-2)24(22(20)26)17-9-13-19(14-10-17)29-15-5-6-16-7-11-18(25)12-8-16/h7-14,20-21,25H,3-6,15H2,1-2H3/t20-,21-/m0/s1. The molecular weight excluding hydrogens is 370 g/mol. The monoisotopic (exact) mass is 397 g/mol. The summed E-state index contributed by atoms with van der Waals surface area (Å²) in [6, 6.07) is 13.8. The second-order valence-corrected chi connectivity index (χ2v) is 7.03. The van der Waals surface area contributed by atoms with Gasteiger partial charge in [0.15, 0.2) is 0 Å². The third-order valence-corrected chi connectivity index (χ3v) is 5.11. The Balaban J connectivity index is 1.54. The molecule has 0 spiro atoms. The van der Waals surface area contributed by atoms with E-state index in [4.69, 9.17) is 9.47 Å². The van der Waals surface area contributed by atoms with E-state index < -0.39 is 6.04 Å². The van der Waals surface area contributed by atoms with Crippen molar-refractivity contribution in [2.24, 2.45) is 5.92 Å². The van der Waals surface area contributed by atoms with Crippen molar-refractivity contribution in [3.05, 3.63) is 54.1 Å². The topological polar surface area (TPSA) is 76.1 Å². The molecule has 0 saturated carbocycles. The molecule has 3 rings (SSSR count). The summed E-state index contributed by atoms with van der Waals surface area (Å²) < 4.78 is 10.9. The van der Waals surface area contributed by atoms with Gasteiger partial charge in [0.05, 0.1) is 19.1 Å². The van der Waals surface area contributed by atoms with Crippen LogP contribution in [-0.4, -0.2) is 36.2 Å². The Kier molecular flexibility index (Phi) is 6.75. The molecule has 1 fully saturated rings. The van der Waals surface area contributed by atoms with Crippen molar-refractivity contribution in [2.45, 2.75) is 39.2 Å². The number of amides is 1. The Bertz CT molecular complexity index is 831. The molecule has 2 aromatic carbocycles. The third-order valence-electron chi connectivity index (χ3n) is 5.11. The van der Waals surface area contributed by atoms with Gasteiger partial charge in [0.1, 0.15) is 17.5 Å². The van der Waals surface area contributed by atoms with Crippen molar-refractivity contribution in [3.8, 4) is 11.5 Å². The molecule has 6 heteroatoms. The number of hydrogen-bond acceptors (Lipinski definition) is 5. The number of nitrogens with zero attached hydrogens (tertiary/aromatic N) is 1. The first kappa shape index (κ1) is 20.7. The summed E-state index contributed by atoms with van der Waals surface area (Å²) in [5.74, 6) is 0.264. The van der Waals surface area contributed by atoms with E-state index in [1.807, 2.05) is 31.2 Å². The van der Waals surface area contributed by atoms with E-state index in [0.29, 0.717) is 31.1 Å². The van der Waals surface area contributed by atoms with Crippen molar-refractivity contribution in [1.82, 2.24) is 0 Å². The smallest absolute Gasteiger partial charge is 0.330 e. The van der Waals surface area contributed by atoms with Crippen molar-refractivity contribution in [3.63, 3.8) is 0 Å².